The van der Waals surface area contributed by atoms with Gasteiger partial charge < -0.3 is 10.5 Å². The van der Waals surface area contributed by atoms with Crippen LogP contribution in [0.25, 0.3) is 0 Å². The van der Waals surface area contributed by atoms with E-state index in [0.29, 0.717) is 19.0 Å². The molecule has 5 nitrogen and oxygen atoms in total. The number of aromatic nitrogens is 3. The lowest BCUT2D eigenvalue weighted by Gasteiger charge is -2.20. The van der Waals surface area contributed by atoms with Crippen molar-refractivity contribution in [3.05, 3.63) is 35.0 Å². The standard InChI is InChI=1S/C16H24N4O/c1-11-6-7-12(2)13(10-11)21-9-8-20-14(16(3,4)5)15(17)18-19-20/h6-7,10H,8-9,17H2,1-5H3. The van der Waals surface area contributed by atoms with E-state index in [0.717, 1.165) is 17.0 Å². The molecule has 2 rings (SSSR count). The van der Waals surface area contributed by atoms with Gasteiger partial charge in [-0.2, -0.15) is 0 Å². The summed E-state index contributed by atoms with van der Waals surface area (Å²) < 4.78 is 7.70. The number of nitrogens with zero attached hydrogens (tertiary/aromatic N) is 3. The van der Waals surface area contributed by atoms with Gasteiger partial charge in [-0.3, -0.25) is 0 Å². The fraction of sp³-hybridized carbons (Fsp3) is 0.500. The lowest BCUT2D eigenvalue weighted by Crippen LogP contribution is -2.22. The second-order valence-corrected chi connectivity index (χ2v) is 6.41. The Balaban J connectivity index is 2.06. The van der Waals surface area contributed by atoms with Gasteiger partial charge in [-0.1, -0.05) is 38.1 Å². The van der Waals surface area contributed by atoms with Crippen LogP contribution in [0.2, 0.25) is 0 Å². The van der Waals surface area contributed by atoms with E-state index in [1.807, 2.05) is 11.6 Å². The Hall–Kier alpha value is -2.04. The van der Waals surface area contributed by atoms with Gasteiger partial charge in [-0.15, -0.1) is 5.10 Å². The summed E-state index contributed by atoms with van der Waals surface area (Å²) in [6.07, 6.45) is 0. The molecule has 1 aromatic carbocycles. The molecule has 0 bridgehead atoms. The van der Waals surface area contributed by atoms with Gasteiger partial charge in [0, 0.05) is 5.41 Å². The molecular formula is C16H24N4O. The van der Waals surface area contributed by atoms with Crippen molar-refractivity contribution >= 4 is 5.82 Å². The van der Waals surface area contributed by atoms with Crippen molar-refractivity contribution in [3.8, 4) is 5.75 Å². The lowest BCUT2D eigenvalue weighted by atomic mass is 9.92. The van der Waals surface area contributed by atoms with Crippen LogP contribution < -0.4 is 10.5 Å². The molecular weight excluding hydrogens is 264 g/mol. The first-order valence-corrected chi connectivity index (χ1v) is 7.18. The Morgan fingerprint density at radius 1 is 1.24 bits per heavy atom. The van der Waals surface area contributed by atoms with Gasteiger partial charge >= 0.3 is 0 Å². The topological polar surface area (TPSA) is 66.0 Å². The predicted octanol–water partition coefficient (Wildman–Crippen LogP) is 2.85. The van der Waals surface area contributed by atoms with Gasteiger partial charge in [-0.05, 0) is 31.0 Å². The fourth-order valence-electron chi connectivity index (χ4n) is 2.36. The molecule has 1 heterocycles. The Labute approximate surface area is 126 Å². The van der Waals surface area contributed by atoms with Crippen LogP contribution in [-0.2, 0) is 12.0 Å². The zero-order valence-corrected chi connectivity index (χ0v) is 13.5. The van der Waals surface area contributed by atoms with Crippen molar-refractivity contribution in [2.24, 2.45) is 0 Å². The summed E-state index contributed by atoms with van der Waals surface area (Å²) in [7, 11) is 0. The second kappa shape index (κ2) is 5.76. The molecule has 0 spiro atoms. The van der Waals surface area contributed by atoms with Gasteiger partial charge in [0.25, 0.3) is 0 Å². The molecule has 2 aromatic rings. The first-order valence-electron chi connectivity index (χ1n) is 7.18. The van der Waals surface area contributed by atoms with E-state index in [1.165, 1.54) is 5.56 Å². The molecule has 0 amide bonds. The van der Waals surface area contributed by atoms with Crippen molar-refractivity contribution in [2.75, 3.05) is 12.3 Å². The van der Waals surface area contributed by atoms with Crippen molar-refractivity contribution in [1.29, 1.82) is 0 Å². The van der Waals surface area contributed by atoms with E-state index in [1.54, 1.807) is 0 Å². The molecule has 0 aliphatic rings. The van der Waals surface area contributed by atoms with Crippen LogP contribution >= 0.6 is 0 Å². The van der Waals surface area contributed by atoms with E-state index in [4.69, 9.17) is 10.5 Å². The highest BCUT2D eigenvalue weighted by Crippen LogP contribution is 2.26. The monoisotopic (exact) mass is 288 g/mol. The molecule has 0 unspecified atom stereocenters. The summed E-state index contributed by atoms with van der Waals surface area (Å²) in [5.74, 6) is 1.41. The zero-order valence-electron chi connectivity index (χ0n) is 13.5. The summed E-state index contributed by atoms with van der Waals surface area (Å²) in [5, 5.41) is 8.09. The third-order valence-electron chi connectivity index (χ3n) is 3.38. The van der Waals surface area contributed by atoms with Crippen LogP contribution in [0.1, 0.15) is 37.6 Å². The van der Waals surface area contributed by atoms with Crippen molar-refractivity contribution < 1.29 is 4.74 Å². The van der Waals surface area contributed by atoms with Crippen LogP contribution in [0, 0.1) is 13.8 Å². The normalized spacial score (nSPS) is 11.7. The van der Waals surface area contributed by atoms with E-state index in [2.05, 4.69) is 56.2 Å². The van der Waals surface area contributed by atoms with Gasteiger partial charge in [-0.25, -0.2) is 4.68 Å². The SMILES string of the molecule is Cc1ccc(C)c(OCCn2nnc(N)c2C(C)(C)C)c1. The molecule has 0 atom stereocenters. The highest BCUT2D eigenvalue weighted by molar-refractivity contribution is 5.38. The number of rotatable bonds is 4. The van der Waals surface area contributed by atoms with E-state index in [-0.39, 0.29) is 5.41 Å². The molecule has 1 aromatic heterocycles. The minimum absolute atomic E-state index is 0.0904. The van der Waals surface area contributed by atoms with Crippen LogP contribution in [0.15, 0.2) is 18.2 Å². The maximum Gasteiger partial charge on any atom is 0.169 e. The second-order valence-electron chi connectivity index (χ2n) is 6.41. The Kier molecular flexibility index (Phi) is 4.21. The molecule has 0 radical (unpaired) electrons. The number of anilines is 1. The van der Waals surface area contributed by atoms with Gasteiger partial charge in [0.2, 0.25) is 0 Å². The zero-order chi connectivity index (χ0) is 15.6. The van der Waals surface area contributed by atoms with Crippen molar-refractivity contribution in [3.63, 3.8) is 0 Å². The molecule has 114 valence electrons. The Morgan fingerprint density at radius 3 is 2.62 bits per heavy atom. The number of hydrogen-bond donors (Lipinski definition) is 1. The minimum Gasteiger partial charge on any atom is -0.491 e. The number of nitrogen functional groups attached to an aromatic ring is 1. The molecule has 0 saturated heterocycles. The molecule has 0 aliphatic heterocycles. The molecule has 0 saturated carbocycles. The van der Waals surface area contributed by atoms with Crippen molar-refractivity contribution in [2.45, 2.75) is 46.6 Å². The van der Waals surface area contributed by atoms with Crippen LogP contribution in [0.5, 0.6) is 5.75 Å². The van der Waals surface area contributed by atoms with Crippen LogP contribution in [0.4, 0.5) is 5.82 Å². The Morgan fingerprint density at radius 2 is 1.95 bits per heavy atom. The summed E-state index contributed by atoms with van der Waals surface area (Å²) in [6.45, 7) is 11.6. The molecule has 5 heteroatoms. The Bertz CT molecular complexity index is 626. The number of aryl methyl sites for hydroxylation is 2. The van der Waals surface area contributed by atoms with Crippen LogP contribution in [0.3, 0.4) is 0 Å². The van der Waals surface area contributed by atoms with Crippen LogP contribution in [-0.4, -0.2) is 21.6 Å². The molecule has 0 fully saturated rings. The first kappa shape index (κ1) is 15.4. The smallest absolute Gasteiger partial charge is 0.169 e. The quantitative estimate of drug-likeness (QED) is 0.939. The minimum atomic E-state index is -0.0904. The van der Waals surface area contributed by atoms with E-state index in [9.17, 15) is 0 Å². The number of hydrogen-bond acceptors (Lipinski definition) is 4. The van der Waals surface area contributed by atoms with E-state index >= 15 is 0 Å². The molecule has 21 heavy (non-hydrogen) atoms. The average Bonchev–Trinajstić information content (AvgIpc) is 2.75. The largest absolute Gasteiger partial charge is 0.491 e. The van der Waals surface area contributed by atoms with Gasteiger partial charge in [0.15, 0.2) is 5.82 Å². The average molecular weight is 288 g/mol. The summed E-state index contributed by atoms with van der Waals surface area (Å²) in [5.41, 5.74) is 9.10. The molecule has 2 N–H and O–H groups in total. The first-order chi connectivity index (χ1) is 9.79. The molecule has 0 aliphatic carbocycles. The number of ether oxygens (including phenoxy) is 1. The third-order valence-corrected chi connectivity index (χ3v) is 3.38. The van der Waals surface area contributed by atoms with E-state index < -0.39 is 0 Å². The maximum atomic E-state index is 5.92. The fourth-order valence-corrected chi connectivity index (χ4v) is 2.36. The number of nitrogens with two attached hydrogens (primary N) is 1. The summed E-state index contributed by atoms with van der Waals surface area (Å²) in [4.78, 5) is 0. The van der Waals surface area contributed by atoms with Crippen molar-refractivity contribution in [1.82, 2.24) is 15.0 Å². The van der Waals surface area contributed by atoms with Gasteiger partial charge in [0.05, 0.1) is 12.2 Å². The number of benzene rings is 1. The lowest BCUT2D eigenvalue weighted by molar-refractivity contribution is 0.282. The summed E-state index contributed by atoms with van der Waals surface area (Å²) in [6, 6.07) is 6.20. The maximum absolute atomic E-state index is 5.92. The third kappa shape index (κ3) is 3.54. The summed E-state index contributed by atoms with van der Waals surface area (Å²) >= 11 is 0. The predicted molar refractivity (Wildman–Crippen MR) is 84.5 cm³/mol. The highest BCUT2D eigenvalue weighted by atomic mass is 16.5. The van der Waals surface area contributed by atoms with Gasteiger partial charge in [0.1, 0.15) is 12.4 Å². The highest BCUT2D eigenvalue weighted by Gasteiger charge is 2.23.